The van der Waals surface area contributed by atoms with E-state index in [-0.39, 0.29) is 40.0 Å². The highest BCUT2D eigenvalue weighted by atomic mass is 35.6. The van der Waals surface area contributed by atoms with Crippen LogP contribution in [0.25, 0.3) is 78.7 Å². The Morgan fingerprint density at radius 2 is 0.581 bits per heavy atom. The van der Waals surface area contributed by atoms with Crippen LogP contribution in [0.5, 0.6) is 0 Å². The molecule has 0 spiro atoms. The van der Waals surface area contributed by atoms with Crippen LogP contribution in [0, 0.1) is 0 Å². The molecule has 16 nitrogen and oxygen atoms in total. The van der Waals surface area contributed by atoms with Gasteiger partial charge in [0.2, 0.25) is 5.91 Å². The van der Waals surface area contributed by atoms with Gasteiger partial charge >= 0.3 is 0 Å². The fourth-order valence-electron chi connectivity index (χ4n) is 14.4. The zero-order chi connectivity index (χ0) is 84.5. The van der Waals surface area contributed by atoms with Gasteiger partial charge in [-0.2, -0.15) is 0 Å². The Balaban J connectivity index is 0.000000261. The lowest BCUT2D eigenvalue weighted by Gasteiger charge is -2.19. The standard InChI is InChI=1S/C48H56N4O4S4.C38H46N2O4.C5H7NOS2.CHCl3/c1-5-9-11-13-15-17-27-51-39-31-38(36-25-21-34(22-26-36)30-42-46(56)50(8-4)48(58)60-42)44(54)52(28-18-16-14-12-10-6-2)40(39)32-37(43(51)53)35-23-19-33(20-24-35)29-41-45(55)49(7-3)47(57)59-41;1-3-5-7-9-11-13-23-39-35-25-34(32-21-17-30(28-42)18-22-32)38(44)40(24-14-12-10-8-6-4-2)36(35)26-33(37(39)43)31-19-15-29(27-41)16-20-31;1-2-6-4(7)3-9-5(6)8;2-1(3)4/h19-26,29-32H,5-18,27-28H2,1-4H3;15-22,25-28H,3-14,23-24H2,1-2H3;2-3H2,1H3;1H/b41-29-,42-30-;;;. The summed E-state index contributed by atoms with van der Waals surface area (Å²) in [6, 6.07) is 37.1. The highest BCUT2D eigenvalue weighted by Gasteiger charge is 2.32. The molecule has 11 rings (SSSR count). The molecule has 0 saturated carbocycles. The van der Waals surface area contributed by atoms with E-state index in [4.69, 9.17) is 71.5 Å². The number of unbranched alkanes of at least 4 members (excludes halogenated alkanes) is 20. The van der Waals surface area contributed by atoms with Crippen LogP contribution in [0.4, 0.5) is 0 Å². The normalized spacial score (nSPS) is 14.2. The van der Waals surface area contributed by atoms with E-state index in [2.05, 4.69) is 27.7 Å². The van der Waals surface area contributed by atoms with Gasteiger partial charge in [0, 0.05) is 79.2 Å². The number of aldehydes is 2. The van der Waals surface area contributed by atoms with Crippen molar-refractivity contribution in [2.45, 2.75) is 233 Å². The molecule has 624 valence electrons. The number of benzene rings is 4. The van der Waals surface area contributed by atoms with Crippen molar-refractivity contribution in [2.24, 2.45) is 0 Å². The molecule has 3 aliphatic heterocycles. The number of pyridine rings is 4. The summed E-state index contributed by atoms with van der Waals surface area (Å²) >= 11 is 34.2. The van der Waals surface area contributed by atoms with Crippen molar-refractivity contribution in [1.82, 2.24) is 33.0 Å². The van der Waals surface area contributed by atoms with Gasteiger partial charge in [-0.1, -0.05) is 360 Å². The molecular formula is C92H110Cl3N7O9S6. The van der Waals surface area contributed by atoms with Crippen LogP contribution in [0.3, 0.4) is 0 Å². The molecule has 0 N–H and O–H groups in total. The van der Waals surface area contributed by atoms with E-state index >= 15 is 0 Å². The van der Waals surface area contributed by atoms with Crippen LogP contribution in [0.1, 0.15) is 234 Å². The summed E-state index contributed by atoms with van der Waals surface area (Å²) in [7, 11) is 0. The smallest absolute Gasteiger partial charge is 0.266 e. The van der Waals surface area contributed by atoms with E-state index in [1.165, 1.54) is 112 Å². The van der Waals surface area contributed by atoms with Gasteiger partial charge in [-0.3, -0.25) is 57.9 Å². The Bertz CT molecular complexity index is 4770. The van der Waals surface area contributed by atoms with Gasteiger partial charge in [0.25, 0.3) is 34.1 Å². The van der Waals surface area contributed by atoms with Crippen LogP contribution in [0.2, 0.25) is 0 Å². The number of likely N-dealkylation sites (N-methyl/N-ethyl adjacent to an activating group) is 2. The van der Waals surface area contributed by atoms with Gasteiger partial charge in [0.15, 0.2) is 4.30 Å². The third-order valence-electron chi connectivity index (χ3n) is 20.9. The molecule has 0 aliphatic carbocycles. The quantitative estimate of drug-likeness (QED) is 0.0116. The second kappa shape index (κ2) is 49.4. The number of hydrogen-bond donors (Lipinski definition) is 0. The van der Waals surface area contributed by atoms with E-state index in [9.17, 15) is 43.2 Å². The number of aryl methyl sites for hydroxylation is 4. The number of carbonyl (C=O) groups excluding carboxylic acids is 5. The van der Waals surface area contributed by atoms with E-state index in [0.717, 1.165) is 149 Å². The topological polar surface area (TPSA) is 183 Å². The number of nitrogens with zero attached hydrogens (tertiary/aromatic N) is 7. The first kappa shape index (κ1) is 95.1. The summed E-state index contributed by atoms with van der Waals surface area (Å²) in [6.45, 7) is 18.5. The monoisotopic (exact) mass is 1750 g/mol. The second-order valence-electron chi connectivity index (χ2n) is 29.2. The maximum absolute atomic E-state index is 14.7. The lowest BCUT2D eigenvalue weighted by molar-refractivity contribution is -0.124. The maximum Gasteiger partial charge on any atom is 0.266 e. The molecule has 0 radical (unpaired) electrons. The SMILES string of the molecule is CCCCCCCCn1c(=O)c(-c2ccc(/C=C3\SC(=S)N(CC)C3=O)cc2)cc2c1cc(-c1ccc(/C=C3\SC(=S)N(CC)C3=O)cc1)c(=O)n2CCCCCCCC.CCCCCCCCn1c(=O)c(-c2ccc(C=O)cc2)cc2c1cc(-c1ccc(C=O)cc1)c(=O)n2CCCCCCCC.CCN1C(=O)CSC1=S.ClC(Cl)Cl. The molecular weight excluding hydrogens is 1650 g/mol. The summed E-state index contributed by atoms with van der Waals surface area (Å²) in [5.41, 5.74) is 10.5. The lowest BCUT2D eigenvalue weighted by atomic mass is 10.0. The molecule has 0 bridgehead atoms. The fourth-order valence-corrected chi connectivity index (χ4v) is 18.4. The van der Waals surface area contributed by atoms with Crippen LogP contribution < -0.4 is 22.2 Å². The second-order valence-corrected chi connectivity index (χ2v) is 36.1. The van der Waals surface area contributed by atoms with Crippen molar-refractivity contribution in [2.75, 3.05) is 25.4 Å². The average molecular weight is 1760 g/mol. The van der Waals surface area contributed by atoms with Gasteiger partial charge in [-0.25, -0.2) is 0 Å². The van der Waals surface area contributed by atoms with Gasteiger partial charge < -0.3 is 18.3 Å². The van der Waals surface area contributed by atoms with Crippen LogP contribution in [0.15, 0.2) is 150 Å². The minimum absolute atomic E-state index is 0.0899. The predicted molar refractivity (Wildman–Crippen MR) is 506 cm³/mol. The van der Waals surface area contributed by atoms with Crippen molar-refractivity contribution in [1.29, 1.82) is 0 Å². The van der Waals surface area contributed by atoms with Crippen molar-refractivity contribution in [3.8, 4) is 44.5 Å². The van der Waals surface area contributed by atoms with Crippen LogP contribution >= 0.6 is 107 Å². The summed E-state index contributed by atoms with van der Waals surface area (Å²) < 4.78 is 8.56. The van der Waals surface area contributed by atoms with Crippen molar-refractivity contribution < 1.29 is 24.0 Å². The maximum atomic E-state index is 14.7. The molecule has 0 atom stereocenters. The van der Waals surface area contributed by atoms with Crippen LogP contribution in [-0.4, -0.2) is 106 Å². The van der Waals surface area contributed by atoms with Crippen molar-refractivity contribution >= 4 is 184 Å². The van der Waals surface area contributed by atoms with Crippen molar-refractivity contribution in [3.63, 3.8) is 0 Å². The number of fused-ring (bicyclic) bond motifs is 2. The van der Waals surface area contributed by atoms with E-state index in [0.29, 0.717) is 103 Å². The summed E-state index contributed by atoms with van der Waals surface area (Å²) in [5.74, 6) is 0.500. The first-order valence-electron chi connectivity index (χ1n) is 41.5. The molecule has 3 fully saturated rings. The third-order valence-corrected chi connectivity index (χ3v) is 25.1. The first-order valence-corrected chi connectivity index (χ1v) is 46.6. The molecule has 3 amide bonds. The van der Waals surface area contributed by atoms with E-state index in [1.54, 1.807) is 63.2 Å². The highest BCUT2D eigenvalue weighted by molar-refractivity contribution is 8.27. The highest BCUT2D eigenvalue weighted by Crippen LogP contribution is 2.36. The zero-order valence-electron chi connectivity index (χ0n) is 68.4. The molecule has 117 heavy (non-hydrogen) atoms. The van der Waals surface area contributed by atoms with Crippen LogP contribution in [-0.2, 0) is 40.6 Å². The third kappa shape index (κ3) is 26.6. The molecule has 3 saturated heterocycles. The Morgan fingerprint density at radius 3 is 0.786 bits per heavy atom. The number of rotatable bonds is 39. The number of carbonyl (C=O) groups is 5. The van der Waals surface area contributed by atoms with Crippen molar-refractivity contribution in [3.05, 3.63) is 195 Å². The number of thioether (sulfide) groups is 3. The number of aromatic nitrogens is 4. The Morgan fingerprint density at radius 1 is 0.342 bits per heavy atom. The Kier molecular flexibility index (Phi) is 40.1. The number of thiocarbonyl (C=S) groups is 3. The average Bonchev–Trinajstić information content (AvgIpc) is 1.39. The zero-order valence-corrected chi connectivity index (χ0v) is 75.6. The van der Waals surface area contributed by atoms with Gasteiger partial charge in [0.05, 0.1) is 37.6 Å². The minimum Gasteiger partial charge on any atom is -0.306 e. The predicted octanol–water partition coefficient (Wildman–Crippen LogP) is 23.4. The molecule has 4 aromatic heterocycles. The first-order chi connectivity index (χ1) is 56.6. The molecule has 4 aromatic carbocycles. The Hall–Kier alpha value is -7.38. The minimum atomic E-state index is -0.750. The molecule has 8 aromatic rings. The summed E-state index contributed by atoms with van der Waals surface area (Å²) in [6.07, 6.45) is 31.5. The molecule has 25 heteroatoms. The lowest BCUT2D eigenvalue weighted by Crippen LogP contribution is -2.28. The van der Waals surface area contributed by atoms with E-state index in [1.807, 2.05) is 124 Å². The Labute approximate surface area is 732 Å². The number of alkyl halides is 3. The number of amides is 3. The van der Waals surface area contributed by atoms with Gasteiger partial charge in [0.1, 0.15) is 25.5 Å². The number of halogens is 3. The summed E-state index contributed by atoms with van der Waals surface area (Å²) in [4.78, 5) is 123. The van der Waals surface area contributed by atoms with E-state index < -0.39 is 4.30 Å². The molecule has 0 unspecified atom stereocenters. The molecule has 3 aliphatic rings. The molecule has 7 heterocycles. The largest absolute Gasteiger partial charge is 0.306 e. The summed E-state index contributed by atoms with van der Waals surface area (Å²) in [5, 5.41) is 0. The number of hydrogen-bond acceptors (Lipinski definition) is 15. The fraction of sp³-hybridized carbons (Fsp3) is 0.435. The van der Waals surface area contributed by atoms with Gasteiger partial charge in [-0.15, -0.1) is 0 Å². The van der Waals surface area contributed by atoms with Gasteiger partial charge in [-0.05, 0) is 116 Å².